The molecule has 0 saturated heterocycles. The van der Waals surface area contributed by atoms with Crippen molar-refractivity contribution in [1.29, 1.82) is 0 Å². The van der Waals surface area contributed by atoms with E-state index in [-0.39, 0.29) is 0 Å². The molecule has 6 heteroatoms. The molecule has 1 aromatic carbocycles. The molecule has 21 heavy (non-hydrogen) atoms. The van der Waals surface area contributed by atoms with E-state index in [0.717, 1.165) is 17.0 Å². The fraction of sp³-hybridized carbons (Fsp3) is 0.333. The van der Waals surface area contributed by atoms with Crippen LogP contribution in [0.4, 0.5) is 5.95 Å². The second-order valence-electron chi connectivity index (χ2n) is 4.40. The van der Waals surface area contributed by atoms with Crippen LogP contribution in [0.25, 0.3) is 0 Å². The Morgan fingerprint density at radius 3 is 2.57 bits per heavy atom. The lowest BCUT2D eigenvalue weighted by Gasteiger charge is -2.11. The Bertz CT molecular complexity index is 635. The molecule has 1 heterocycles. The van der Waals surface area contributed by atoms with Crippen LogP contribution < -0.4 is 15.2 Å². The van der Waals surface area contributed by atoms with Crippen molar-refractivity contribution in [3.63, 3.8) is 0 Å². The standard InChI is InChI=1S/C15H20N4O2/c1-4-20-13-7-6-12(8-14(13)21-5-2)9-17-19-10-11(3)18-15(19)16/h6-10H,4-5H2,1-3H3,(H2,16,18). The third-order valence-corrected chi connectivity index (χ3v) is 2.73. The molecule has 0 aliphatic carbocycles. The predicted molar refractivity (Wildman–Crippen MR) is 83.1 cm³/mol. The Labute approximate surface area is 124 Å². The minimum atomic E-state index is 0.361. The summed E-state index contributed by atoms with van der Waals surface area (Å²) >= 11 is 0. The van der Waals surface area contributed by atoms with Crippen LogP contribution in [0.2, 0.25) is 0 Å². The molecule has 1 aromatic heterocycles. The number of nitrogens with two attached hydrogens (primary N) is 1. The van der Waals surface area contributed by atoms with E-state index in [1.807, 2.05) is 39.0 Å². The van der Waals surface area contributed by atoms with Crippen LogP contribution >= 0.6 is 0 Å². The first-order valence-electron chi connectivity index (χ1n) is 6.89. The molecule has 2 N–H and O–H groups in total. The number of ether oxygens (including phenoxy) is 2. The number of nitrogens with zero attached hydrogens (tertiary/aromatic N) is 3. The van der Waals surface area contributed by atoms with E-state index in [4.69, 9.17) is 15.2 Å². The molecule has 2 aromatic rings. The zero-order valence-electron chi connectivity index (χ0n) is 12.5. The molecule has 0 aliphatic heterocycles. The maximum absolute atomic E-state index is 5.74. The van der Waals surface area contributed by atoms with Gasteiger partial charge in [-0.25, -0.2) is 9.66 Å². The van der Waals surface area contributed by atoms with Crippen molar-refractivity contribution in [1.82, 2.24) is 9.66 Å². The smallest absolute Gasteiger partial charge is 0.221 e. The molecule has 0 spiro atoms. The van der Waals surface area contributed by atoms with E-state index in [9.17, 15) is 0 Å². The summed E-state index contributed by atoms with van der Waals surface area (Å²) in [6, 6.07) is 5.67. The monoisotopic (exact) mass is 288 g/mol. The molecule has 2 rings (SSSR count). The summed E-state index contributed by atoms with van der Waals surface area (Å²) in [6.45, 7) is 6.92. The van der Waals surface area contributed by atoms with E-state index >= 15 is 0 Å². The van der Waals surface area contributed by atoms with Gasteiger partial charge in [0.2, 0.25) is 5.95 Å². The number of rotatable bonds is 6. The molecule has 0 fully saturated rings. The van der Waals surface area contributed by atoms with E-state index in [0.29, 0.717) is 24.9 Å². The summed E-state index contributed by atoms with van der Waals surface area (Å²) in [5, 5.41) is 4.28. The molecular formula is C15H20N4O2. The Balaban J connectivity index is 2.23. The van der Waals surface area contributed by atoms with Gasteiger partial charge < -0.3 is 15.2 Å². The molecule has 112 valence electrons. The van der Waals surface area contributed by atoms with Crippen LogP contribution in [-0.2, 0) is 0 Å². The second kappa shape index (κ2) is 6.78. The average Bonchev–Trinajstić information content (AvgIpc) is 2.78. The Morgan fingerprint density at radius 1 is 1.24 bits per heavy atom. The molecule has 0 aliphatic rings. The third kappa shape index (κ3) is 3.75. The first kappa shape index (κ1) is 14.9. The minimum Gasteiger partial charge on any atom is -0.490 e. The van der Waals surface area contributed by atoms with Gasteiger partial charge in [0.15, 0.2) is 11.5 Å². The summed E-state index contributed by atoms with van der Waals surface area (Å²) in [5.74, 6) is 1.80. The van der Waals surface area contributed by atoms with E-state index in [1.54, 1.807) is 12.4 Å². The summed E-state index contributed by atoms with van der Waals surface area (Å²) in [7, 11) is 0. The summed E-state index contributed by atoms with van der Waals surface area (Å²) in [5.41, 5.74) is 7.46. The Kier molecular flexibility index (Phi) is 4.81. The van der Waals surface area contributed by atoms with Crippen molar-refractivity contribution in [2.45, 2.75) is 20.8 Å². The molecular weight excluding hydrogens is 268 g/mol. The van der Waals surface area contributed by atoms with E-state index < -0.39 is 0 Å². The largest absolute Gasteiger partial charge is 0.490 e. The van der Waals surface area contributed by atoms with Gasteiger partial charge in [-0.3, -0.25) is 0 Å². The summed E-state index contributed by atoms with van der Waals surface area (Å²) < 4.78 is 12.6. The van der Waals surface area contributed by atoms with Gasteiger partial charge in [0.05, 0.1) is 31.3 Å². The lowest BCUT2D eigenvalue weighted by Crippen LogP contribution is -2.00. The number of hydrogen-bond acceptors (Lipinski definition) is 5. The lowest BCUT2D eigenvalue weighted by atomic mass is 10.2. The van der Waals surface area contributed by atoms with Gasteiger partial charge in [-0.1, -0.05) is 0 Å². The predicted octanol–water partition coefficient (Wildman–Crippen LogP) is 2.45. The maximum Gasteiger partial charge on any atom is 0.221 e. The fourth-order valence-corrected chi connectivity index (χ4v) is 1.87. The SMILES string of the molecule is CCOc1ccc(C=Nn2cc(C)nc2N)cc1OCC. The molecule has 0 unspecified atom stereocenters. The highest BCUT2D eigenvalue weighted by atomic mass is 16.5. The topological polar surface area (TPSA) is 74.7 Å². The normalized spacial score (nSPS) is 11.0. The molecule has 0 bridgehead atoms. The second-order valence-corrected chi connectivity index (χ2v) is 4.40. The molecule has 0 saturated carbocycles. The van der Waals surface area contributed by atoms with Crippen molar-refractivity contribution >= 4 is 12.2 Å². The highest BCUT2D eigenvalue weighted by Crippen LogP contribution is 2.28. The van der Waals surface area contributed by atoms with Gasteiger partial charge in [0.25, 0.3) is 0 Å². The minimum absolute atomic E-state index is 0.361. The summed E-state index contributed by atoms with van der Waals surface area (Å²) in [4.78, 5) is 4.09. The number of hydrogen-bond donors (Lipinski definition) is 1. The Morgan fingerprint density at radius 2 is 1.95 bits per heavy atom. The van der Waals surface area contributed by atoms with Crippen LogP contribution in [-0.4, -0.2) is 29.1 Å². The van der Waals surface area contributed by atoms with Gasteiger partial charge >= 0.3 is 0 Å². The lowest BCUT2D eigenvalue weighted by molar-refractivity contribution is 0.288. The zero-order valence-corrected chi connectivity index (χ0v) is 12.5. The maximum atomic E-state index is 5.74. The number of aryl methyl sites for hydroxylation is 1. The van der Waals surface area contributed by atoms with Crippen molar-refractivity contribution < 1.29 is 9.47 Å². The van der Waals surface area contributed by atoms with Gasteiger partial charge in [0, 0.05) is 0 Å². The highest BCUT2D eigenvalue weighted by Gasteiger charge is 2.05. The molecule has 0 amide bonds. The Hall–Kier alpha value is -2.50. The third-order valence-electron chi connectivity index (χ3n) is 2.73. The van der Waals surface area contributed by atoms with Crippen molar-refractivity contribution in [2.24, 2.45) is 5.10 Å². The average molecular weight is 288 g/mol. The van der Waals surface area contributed by atoms with Crippen LogP contribution in [0, 0.1) is 6.92 Å². The van der Waals surface area contributed by atoms with E-state index in [1.165, 1.54) is 4.68 Å². The van der Waals surface area contributed by atoms with Gasteiger partial charge in [0.1, 0.15) is 0 Å². The van der Waals surface area contributed by atoms with Crippen molar-refractivity contribution in [3.8, 4) is 11.5 Å². The summed E-state index contributed by atoms with van der Waals surface area (Å²) in [6.07, 6.45) is 3.47. The van der Waals surface area contributed by atoms with Gasteiger partial charge in [-0.05, 0) is 44.5 Å². The van der Waals surface area contributed by atoms with E-state index in [2.05, 4.69) is 10.1 Å². The van der Waals surface area contributed by atoms with Crippen LogP contribution in [0.5, 0.6) is 11.5 Å². The molecule has 0 atom stereocenters. The first-order valence-corrected chi connectivity index (χ1v) is 6.89. The quantitative estimate of drug-likeness (QED) is 0.828. The first-order chi connectivity index (χ1) is 10.1. The molecule has 6 nitrogen and oxygen atoms in total. The van der Waals surface area contributed by atoms with Gasteiger partial charge in [-0.15, -0.1) is 0 Å². The van der Waals surface area contributed by atoms with Crippen LogP contribution in [0.15, 0.2) is 29.5 Å². The zero-order chi connectivity index (χ0) is 15.2. The highest BCUT2D eigenvalue weighted by molar-refractivity contribution is 5.81. The number of benzene rings is 1. The number of anilines is 1. The number of aromatic nitrogens is 2. The van der Waals surface area contributed by atoms with Crippen LogP contribution in [0.3, 0.4) is 0 Å². The van der Waals surface area contributed by atoms with Crippen molar-refractivity contribution in [2.75, 3.05) is 18.9 Å². The van der Waals surface area contributed by atoms with Gasteiger partial charge in [-0.2, -0.15) is 5.10 Å². The van der Waals surface area contributed by atoms with Crippen LogP contribution in [0.1, 0.15) is 25.1 Å². The fourth-order valence-electron chi connectivity index (χ4n) is 1.87. The number of imidazole rings is 1. The number of nitrogen functional groups attached to an aromatic ring is 1. The molecule has 0 radical (unpaired) electrons. The van der Waals surface area contributed by atoms with Crippen molar-refractivity contribution in [3.05, 3.63) is 35.7 Å².